The maximum Gasteiger partial charge on any atom is 0.273 e. The Kier molecular flexibility index (Phi) is 5.27. The molecule has 3 aromatic rings. The SMILES string of the molecule is COC(CN1C(=O)c2[nH]nc(-c3ccc(O)cc3)c2C1c1ccccc1Cl)OC. The molecule has 0 saturated carbocycles. The summed E-state index contributed by atoms with van der Waals surface area (Å²) in [6, 6.07) is 13.6. The summed E-state index contributed by atoms with van der Waals surface area (Å²) in [6.07, 6.45) is -0.585. The van der Waals surface area contributed by atoms with Crippen LogP contribution in [0.2, 0.25) is 5.02 Å². The number of aromatic amines is 1. The normalized spacial score (nSPS) is 15.9. The molecule has 0 bridgehead atoms. The number of phenolic OH excluding ortho intramolecular Hbond substituents is 1. The summed E-state index contributed by atoms with van der Waals surface area (Å²) >= 11 is 6.51. The highest BCUT2D eigenvalue weighted by Gasteiger charge is 2.43. The summed E-state index contributed by atoms with van der Waals surface area (Å²) in [5.74, 6) is -0.0501. The summed E-state index contributed by atoms with van der Waals surface area (Å²) < 4.78 is 10.6. The number of phenols is 1. The van der Waals surface area contributed by atoms with Crippen LogP contribution in [0.15, 0.2) is 48.5 Å². The maximum absolute atomic E-state index is 13.2. The van der Waals surface area contributed by atoms with E-state index in [4.69, 9.17) is 21.1 Å². The fraction of sp³-hybridized carbons (Fsp3) is 0.238. The molecule has 1 amide bonds. The number of carbonyl (C=O) groups excluding carboxylic acids is 1. The molecule has 0 spiro atoms. The van der Waals surface area contributed by atoms with E-state index in [1.807, 2.05) is 18.2 Å². The largest absolute Gasteiger partial charge is 0.508 e. The van der Waals surface area contributed by atoms with Gasteiger partial charge in [0.2, 0.25) is 0 Å². The van der Waals surface area contributed by atoms with Crippen LogP contribution >= 0.6 is 11.6 Å². The van der Waals surface area contributed by atoms with Gasteiger partial charge in [0.05, 0.1) is 18.3 Å². The highest BCUT2D eigenvalue weighted by atomic mass is 35.5. The average Bonchev–Trinajstić information content (AvgIpc) is 3.27. The molecule has 4 rings (SSSR count). The maximum atomic E-state index is 13.2. The van der Waals surface area contributed by atoms with Gasteiger partial charge in [0.25, 0.3) is 5.91 Å². The lowest BCUT2D eigenvalue weighted by atomic mass is 9.96. The van der Waals surface area contributed by atoms with Crippen LogP contribution in [0.25, 0.3) is 11.3 Å². The van der Waals surface area contributed by atoms with Crippen molar-refractivity contribution >= 4 is 17.5 Å². The number of benzene rings is 2. The van der Waals surface area contributed by atoms with Gasteiger partial charge in [0.1, 0.15) is 11.4 Å². The van der Waals surface area contributed by atoms with Crippen molar-refractivity contribution < 1.29 is 19.4 Å². The summed E-state index contributed by atoms with van der Waals surface area (Å²) in [6.45, 7) is 0.221. The van der Waals surface area contributed by atoms with Gasteiger partial charge in [0, 0.05) is 30.4 Å². The molecule has 2 aromatic carbocycles. The number of methoxy groups -OCH3 is 2. The monoisotopic (exact) mass is 413 g/mol. The van der Waals surface area contributed by atoms with Crippen LogP contribution in [0.5, 0.6) is 5.75 Å². The van der Waals surface area contributed by atoms with Crippen LogP contribution in [-0.4, -0.2) is 53.2 Å². The van der Waals surface area contributed by atoms with Crippen molar-refractivity contribution in [2.75, 3.05) is 20.8 Å². The molecule has 1 unspecified atom stereocenters. The highest BCUT2D eigenvalue weighted by molar-refractivity contribution is 6.31. The van der Waals surface area contributed by atoms with Crippen LogP contribution in [0.4, 0.5) is 0 Å². The molecule has 1 aliphatic heterocycles. The van der Waals surface area contributed by atoms with E-state index in [2.05, 4.69) is 10.2 Å². The van der Waals surface area contributed by atoms with E-state index in [0.29, 0.717) is 16.4 Å². The van der Waals surface area contributed by atoms with Crippen LogP contribution in [0.1, 0.15) is 27.7 Å². The molecule has 2 heterocycles. The van der Waals surface area contributed by atoms with Gasteiger partial charge in [-0.3, -0.25) is 9.89 Å². The van der Waals surface area contributed by atoms with Crippen molar-refractivity contribution in [1.29, 1.82) is 0 Å². The zero-order valence-electron chi connectivity index (χ0n) is 15.9. The van der Waals surface area contributed by atoms with Gasteiger partial charge >= 0.3 is 0 Å². The third kappa shape index (κ3) is 3.37. The number of aromatic hydroxyl groups is 1. The minimum absolute atomic E-state index is 0.157. The standard InChI is InChI=1S/C21H20ClN3O4/c1-28-16(29-2)11-25-20(14-5-3-4-6-15(14)22)17-18(23-24-19(17)21(25)27)12-7-9-13(26)10-8-12/h3-10,16,20,26H,11H2,1-2H3,(H,23,24). The van der Waals surface area contributed by atoms with Crippen LogP contribution in [-0.2, 0) is 9.47 Å². The zero-order valence-corrected chi connectivity index (χ0v) is 16.7. The molecular weight excluding hydrogens is 394 g/mol. The fourth-order valence-corrected chi connectivity index (χ4v) is 3.89. The van der Waals surface area contributed by atoms with E-state index in [1.54, 1.807) is 35.2 Å². The third-order valence-electron chi connectivity index (χ3n) is 5.08. The van der Waals surface area contributed by atoms with Gasteiger partial charge in [-0.15, -0.1) is 0 Å². The van der Waals surface area contributed by atoms with E-state index in [1.165, 1.54) is 14.2 Å². The molecule has 0 fully saturated rings. The second-order valence-corrected chi connectivity index (χ2v) is 7.10. The number of halogens is 1. The minimum Gasteiger partial charge on any atom is -0.508 e. The van der Waals surface area contributed by atoms with Crippen LogP contribution in [0, 0.1) is 0 Å². The van der Waals surface area contributed by atoms with E-state index < -0.39 is 12.3 Å². The van der Waals surface area contributed by atoms with Gasteiger partial charge in [0.15, 0.2) is 6.29 Å². The van der Waals surface area contributed by atoms with E-state index in [0.717, 1.165) is 16.7 Å². The number of H-pyrrole nitrogens is 1. The van der Waals surface area contributed by atoms with Crippen molar-refractivity contribution in [3.63, 3.8) is 0 Å². The zero-order chi connectivity index (χ0) is 20.5. The van der Waals surface area contributed by atoms with Crippen molar-refractivity contribution in [2.45, 2.75) is 12.3 Å². The number of hydrogen-bond acceptors (Lipinski definition) is 5. The average molecular weight is 414 g/mol. The van der Waals surface area contributed by atoms with Gasteiger partial charge in [-0.25, -0.2) is 0 Å². The summed E-state index contributed by atoms with van der Waals surface area (Å²) in [4.78, 5) is 14.9. The molecule has 150 valence electrons. The van der Waals surface area contributed by atoms with Crippen molar-refractivity contribution in [2.24, 2.45) is 0 Å². The second-order valence-electron chi connectivity index (χ2n) is 6.69. The molecule has 0 radical (unpaired) electrons. The van der Waals surface area contributed by atoms with Crippen LogP contribution < -0.4 is 0 Å². The van der Waals surface area contributed by atoms with Crippen molar-refractivity contribution in [3.05, 3.63) is 70.4 Å². The number of rotatable bonds is 6. The third-order valence-corrected chi connectivity index (χ3v) is 5.42. The molecule has 29 heavy (non-hydrogen) atoms. The van der Waals surface area contributed by atoms with E-state index >= 15 is 0 Å². The number of ether oxygens (including phenoxy) is 2. The van der Waals surface area contributed by atoms with Crippen LogP contribution in [0.3, 0.4) is 0 Å². The predicted molar refractivity (Wildman–Crippen MR) is 108 cm³/mol. The first-order chi connectivity index (χ1) is 14.0. The van der Waals surface area contributed by atoms with Gasteiger partial charge in [-0.2, -0.15) is 5.10 Å². The van der Waals surface area contributed by atoms with Crippen molar-refractivity contribution in [1.82, 2.24) is 15.1 Å². The Morgan fingerprint density at radius 1 is 1.17 bits per heavy atom. The number of nitrogens with zero attached hydrogens (tertiary/aromatic N) is 2. The second kappa shape index (κ2) is 7.87. The Morgan fingerprint density at radius 3 is 2.52 bits per heavy atom. The highest BCUT2D eigenvalue weighted by Crippen LogP contribution is 2.44. The molecule has 2 N–H and O–H groups in total. The molecule has 7 nitrogen and oxygen atoms in total. The molecule has 0 aliphatic carbocycles. The first-order valence-electron chi connectivity index (χ1n) is 9.03. The Morgan fingerprint density at radius 2 is 1.86 bits per heavy atom. The summed E-state index contributed by atoms with van der Waals surface area (Å²) in [7, 11) is 3.06. The number of nitrogens with one attached hydrogen (secondary N) is 1. The summed E-state index contributed by atoms with van der Waals surface area (Å²) in [5, 5.41) is 17.4. The Hall–Kier alpha value is -2.87. The molecule has 1 aliphatic rings. The molecule has 8 heteroatoms. The smallest absolute Gasteiger partial charge is 0.273 e. The summed E-state index contributed by atoms with van der Waals surface area (Å²) in [5.41, 5.74) is 3.34. The number of fused-ring (bicyclic) bond motifs is 1. The van der Waals surface area contributed by atoms with E-state index in [-0.39, 0.29) is 18.2 Å². The van der Waals surface area contributed by atoms with Gasteiger partial charge in [-0.05, 0) is 35.9 Å². The molecule has 1 aromatic heterocycles. The van der Waals surface area contributed by atoms with Crippen molar-refractivity contribution in [3.8, 4) is 17.0 Å². The van der Waals surface area contributed by atoms with Gasteiger partial charge < -0.3 is 19.5 Å². The topological polar surface area (TPSA) is 87.7 Å². The molecule has 0 saturated heterocycles. The first kappa shape index (κ1) is 19.4. The lowest BCUT2D eigenvalue weighted by molar-refractivity contribution is -0.113. The molecular formula is C21H20ClN3O4. The lowest BCUT2D eigenvalue weighted by Crippen LogP contribution is -2.38. The Labute approximate surface area is 172 Å². The number of amides is 1. The Bertz CT molecular complexity index is 1030. The Balaban J connectivity index is 1.87. The minimum atomic E-state index is -0.585. The number of hydrogen-bond donors (Lipinski definition) is 2. The number of aromatic nitrogens is 2. The molecule has 1 atom stereocenters. The predicted octanol–water partition coefficient (Wildman–Crippen LogP) is 3.60. The lowest BCUT2D eigenvalue weighted by Gasteiger charge is -2.29. The number of carbonyl (C=O) groups is 1. The van der Waals surface area contributed by atoms with Gasteiger partial charge in [-0.1, -0.05) is 29.8 Å². The fourth-order valence-electron chi connectivity index (χ4n) is 3.65. The quantitative estimate of drug-likeness (QED) is 0.603. The van der Waals surface area contributed by atoms with E-state index in [9.17, 15) is 9.90 Å². The first-order valence-corrected chi connectivity index (χ1v) is 9.41.